The zero-order valence-electron chi connectivity index (χ0n) is 18.8. The first-order valence-electron chi connectivity index (χ1n) is 11.3. The van der Waals surface area contributed by atoms with Crippen molar-refractivity contribution in [1.82, 2.24) is 4.31 Å². The number of anilines is 3. The van der Waals surface area contributed by atoms with Crippen LogP contribution in [0.4, 0.5) is 21.5 Å². The number of morpholine rings is 1. The van der Waals surface area contributed by atoms with Crippen molar-refractivity contribution in [3.63, 3.8) is 0 Å². The van der Waals surface area contributed by atoms with Crippen LogP contribution in [0.3, 0.4) is 0 Å². The molecule has 11 heteroatoms. The van der Waals surface area contributed by atoms with E-state index in [1.807, 2.05) is 0 Å². The van der Waals surface area contributed by atoms with Crippen molar-refractivity contribution in [2.24, 2.45) is 0 Å². The summed E-state index contributed by atoms with van der Waals surface area (Å²) in [5.74, 6) is -0.741. The third-order valence-corrected chi connectivity index (χ3v) is 7.61. The number of hydrogen-bond acceptors (Lipinski definition) is 7. The molecule has 0 radical (unpaired) electrons. The van der Waals surface area contributed by atoms with Crippen molar-refractivity contribution in [1.29, 1.82) is 0 Å². The summed E-state index contributed by atoms with van der Waals surface area (Å²) in [7, 11) is -3.70. The molecule has 1 atom stereocenters. The Morgan fingerprint density at radius 1 is 1.03 bits per heavy atom. The molecule has 9 nitrogen and oxygen atoms in total. The van der Waals surface area contributed by atoms with Crippen LogP contribution in [-0.2, 0) is 24.3 Å². The van der Waals surface area contributed by atoms with Gasteiger partial charge in [0.15, 0.2) is 0 Å². The van der Waals surface area contributed by atoms with Gasteiger partial charge in [-0.2, -0.15) is 4.31 Å². The summed E-state index contributed by atoms with van der Waals surface area (Å²) in [6.07, 6.45) is 2.06. The Morgan fingerprint density at radius 3 is 2.50 bits per heavy atom. The summed E-state index contributed by atoms with van der Waals surface area (Å²) in [6.45, 7) is 2.51. The van der Waals surface area contributed by atoms with Gasteiger partial charge in [-0.15, -0.1) is 0 Å². The highest BCUT2D eigenvalue weighted by Crippen LogP contribution is 2.28. The lowest BCUT2D eigenvalue weighted by atomic mass is 10.2. The van der Waals surface area contributed by atoms with E-state index in [1.54, 1.807) is 12.1 Å². The van der Waals surface area contributed by atoms with Gasteiger partial charge >= 0.3 is 0 Å². The highest BCUT2D eigenvalue weighted by Gasteiger charge is 2.27. The van der Waals surface area contributed by atoms with Gasteiger partial charge < -0.3 is 25.4 Å². The number of amides is 1. The molecular formula is C23H29FN4O5S. The molecule has 1 amide bonds. The second-order valence-corrected chi connectivity index (χ2v) is 10.1. The first kappa shape index (κ1) is 24.4. The van der Waals surface area contributed by atoms with E-state index in [0.717, 1.165) is 19.4 Å². The minimum absolute atomic E-state index is 0.0892. The van der Waals surface area contributed by atoms with Crippen LogP contribution in [0.2, 0.25) is 0 Å². The Labute approximate surface area is 198 Å². The third kappa shape index (κ3) is 6.23. The maximum absolute atomic E-state index is 13.1. The number of ether oxygens (including phenoxy) is 2. The van der Waals surface area contributed by atoms with Crippen molar-refractivity contribution in [3.05, 3.63) is 48.3 Å². The van der Waals surface area contributed by atoms with E-state index in [4.69, 9.17) is 9.47 Å². The number of hydrogen-bond donors (Lipinski definition) is 3. The third-order valence-electron chi connectivity index (χ3n) is 5.71. The lowest BCUT2D eigenvalue weighted by molar-refractivity contribution is -0.114. The predicted octanol–water partition coefficient (Wildman–Crippen LogP) is 2.49. The molecule has 0 spiro atoms. The summed E-state index contributed by atoms with van der Waals surface area (Å²) in [5, 5.41) is 9.03. The van der Waals surface area contributed by atoms with E-state index < -0.39 is 15.8 Å². The van der Waals surface area contributed by atoms with Gasteiger partial charge in [0, 0.05) is 31.9 Å². The molecule has 2 fully saturated rings. The standard InChI is InChI=1S/C23H29FN4O5S/c24-17-3-5-18(6-4-17)27-23(29)16-26-22-14-20(34(30,31)28-9-12-32-13-10-28)7-8-21(22)25-15-19-2-1-11-33-19/h3-8,14,19,25-26H,1-2,9-13,15-16H2,(H,27,29)/t19-/m0/s1. The fourth-order valence-corrected chi connectivity index (χ4v) is 5.30. The molecule has 2 aliphatic heterocycles. The van der Waals surface area contributed by atoms with Crippen LogP contribution in [0.5, 0.6) is 0 Å². The number of carbonyl (C=O) groups is 1. The Hall–Kier alpha value is -2.73. The highest BCUT2D eigenvalue weighted by atomic mass is 32.2. The van der Waals surface area contributed by atoms with Gasteiger partial charge in [-0.25, -0.2) is 12.8 Å². The Kier molecular flexibility index (Phi) is 7.99. The first-order valence-corrected chi connectivity index (χ1v) is 12.7. The summed E-state index contributed by atoms with van der Waals surface area (Å²) >= 11 is 0. The van der Waals surface area contributed by atoms with Crippen molar-refractivity contribution in [3.8, 4) is 0 Å². The number of carbonyl (C=O) groups excluding carboxylic acids is 1. The molecule has 2 heterocycles. The second-order valence-electron chi connectivity index (χ2n) is 8.15. The van der Waals surface area contributed by atoms with Crippen LogP contribution in [0.25, 0.3) is 0 Å². The van der Waals surface area contributed by atoms with Crippen LogP contribution < -0.4 is 16.0 Å². The van der Waals surface area contributed by atoms with Gasteiger partial charge in [0.2, 0.25) is 15.9 Å². The van der Waals surface area contributed by atoms with Gasteiger partial charge in [-0.1, -0.05) is 0 Å². The lowest BCUT2D eigenvalue weighted by Crippen LogP contribution is -2.40. The van der Waals surface area contributed by atoms with E-state index in [1.165, 1.54) is 34.6 Å². The van der Waals surface area contributed by atoms with Crippen molar-refractivity contribution >= 4 is 33.0 Å². The zero-order chi connectivity index (χ0) is 24.0. The summed E-state index contributed by atoms with van der Waals surface area (Å²) in [4.78, 5) is 12.6. The van der Waals surface area contributed by atoms with Gasteiger partial charge in [0.1, 0.15) is 5.82 Å². The quantitative estimate of drug-likeness (QED) is 0.494. The molecule has 0 bridgehead atoms. The van der Waals surface area contributed by atoms with Crippen LogP contribution in [0.1, 0.15) is 12.8 Å². The molecule has 0 aliphatic carbocycles. The zero-order valence-corrected chi connectivity index (χ0v) is 19.6. The van der Waals surface area contributed by atoms with Crippen molar-refractivity contribution in [2.45, 2.75) is 23.8 Å². The lowest BCUT2D eigenvalue weighted by Gasteiger charge is -2.26. The van der Waals surface area contributed by atoms with Gasteiger partial charge in [0.05, 0.1) is 42.1 Å². The summed E-state index contributed by atoms with van der Waals surface area (Å²) in [5.41, 5.74) is 1.63. The maximum Gasteiger partial charge on any atom is 0.243 e. The molecule has 2 aromatic rings. The number of rotatable bonds is 9. The second kappa shape index (κ2) is 11.1. The molecule has 34 heavy (non-hydrogen) atoms. The molecule has 0 aromatic heterocycles. The minimum atomic E-state index is -3.70. The van der Waals surface area contributed by atoms with Crippen molar-refractivity contribution < 1.29 is 27.1 Å². The molecule has 2 aliphatic rings. The van der Waals surface area contributed by atoms with Crippen LogP contribution >= 0.6 is 0 Å². The topological polar surface area (TPSA) is 109 Å². The highest BCUT2D eigenvalue weighted by molar-refractivity contribution is 7.89. The van der Waals surface area contributed by atoms with E-state index >= 15 is 0 Å². The van der Waals surface area contributed by atoms with Gasteiger partial charge in [0.25, 0.3) is 0 Å². The molecule has 184 valence electrons. The normalized spacial score (nSPS) is 19.0. The van der Waals surface area contributed by atoms with E-state index in [2.05, 4.69) is 16.0 Å². The monoisotopic (exact) mass is 492 g/mol. The van der Waals surface area contributed by atoms with Crippen LogP contribution in [0, 0.1) is 5.82 Å². The van der Waals surface area contributed by atoms with Crippen molar-refractivity contribution in [2.75, 3.05) is 62.0 Å². The fourth-order valence-electron chi connectivity index (χ4n) is 3.86. The molecule has 0 saturated carbocycles. The van der Waals surface area contributed by atoms with E-state index in [9.17, 15) is 17.6 Å². The maximum atomic E-state index is 13.1. The molecule has 3 N–H and O–H groups in total. The SMILES string of the molecule is O=C(CNc1cc(S(=O)(=O)N2CCOCC2)ccc1NC[C@@H]1CCCO1)Nc1ccc(F)cc1. The van der Waals surface area contributed by atoms with Gasteiger partial charge in [-0.05, 0) is 55.3 Å². The van der Waals surface area contributed by atoms with Gasteiger partial charge in [-0.3, -0.25) is 4.79 Å². The number of nitrogens with zero attached hydrogens (tertiary/aromatic N) is 1. The summed E-state index contributed by atoms with van der Waals surface area (Å²) in [6, 6.07) is 10.3. The molecule has 2 aromatic carbocycles. The number of halogens is 1. The number of sulfonamides is 1. The molecule has 0 unspecified atom stereocenters. The Bertz CT molecular complexity index is 1090. The van der Waals surface area contributed by atoms with E-state index in [-0.39, 0.29) is 23.5 Å². The molecule has 4 rings (SSSR count). The Morgan fingerprint density at radius 2 is 1.79 bits per heavy atom. The largest absolute Gasteiger partial charge is 0.381 e. The first-order chi connectivity index (χ1) is 16.4. The predicted molar refractivity (Wildman–Crippen MR) is 127 cm³/mol. The number of nitrogens with one attached hydrogen (secondary N) is 3. The minimum Gasteiger partial charge on any atom is -0.381 e. The van der Waals surface area contributed by atoms with E-state index in [0.29, 0.717) is 49.9 Å². The summed E-state index contributed by atoms with van der Waals surface area (Å²) < 4.78 is 51.6. The van der Waals surface area contributed by atoms with Crippen LogP contribution in [0.15, 0.2) is 47.4 Å². The Balaban J connectivity index is 1.49. The number of benzene rings is 2. The van der Waals surface area contributed by atoms with Crippen LogP contribution in [-0.4, -0.2) is 70.7 Å². The average molecular weight is 493 g/mol. The fraction of sp³-hybridized carbons (Fsp3) is 0.435. The average Bonchev–Trinajstić information content (AvgIpc) is 3.37. The smallest absolute Gasteiger partial charge is 0.243 e. The molecular weight excluding hydrogens is 463 g/mol. The molecule has 2 saturated heterocycles.